The number of thiazole rings is 1. The van der Waals surface area contributed by atoms with Crippen molar-refractivity contribution in [2.45, 2.75) is 42.7 Å². The first-order valence-electron chi connectivity index (χ1n) is 12.5. The lowest BCUT2D eigenvalue weighted by Gasteiger charge is -2.22. The molecule has 1 fully saturated rings. The largest absolute Gasteiger partial charge is 0.436 e. The van der Waals surface area contributed by atoms with Gasteiger partial charge in [0.15, 0.2) is 15.6 Å². The van der Waals surface area contributed by atoms with Crippen molar-refractivity contribution in [3.63, 3.8) is 0 Å². The number of nitrogens with zero attached hydrogens (tertiary/aromatic N) is 3. The van der Waals surface area contributed by atoms with Crippen LogP contribution in [0.2, 0.25) is 0 Å². The maximum Gasteiger partial charge on any atom is 0.376 e. The van der Waals surface area contributed by atoms with Gasteiger partial charge in [-0.3, -0.25) is 4.79 Å². The molecule has 3 heterocycles. The summed E-state index contributed by atoms with van der Waals surface area (Å²) in [6, 6.07) is 13.7. The molecule has 2 aromatic heterocycles. The summed E-state index contributed by atoms with van der Waals surface area (Å²) < 4.78 is 6.66. The van der Waals surface area contributed by atoms with Gasteiger partial charge >= 0.3 is 5.97 Å². The number of carbonyl (C=O) groups excluding carboxylic acids is 2. The number of carbonyl (C=O) groups is 2. The van der Waals surface area contributed by atoms with E-state index in [2.05, 4.69) is 14.8 Å². The summed E-state index contributed by atoms with van der Waals surface area (Å²) >= 11 is 2.79. The van der Waals surface area contributed by atoms with Crippen LogP contribution < -0.4 is 5.90 Å². The number of aliphatic hydroxyl groups is 1. The molecular formula is C28H28N4O5S2. The number of benzene rings is 2. The Balaban J connectivity index is 1.17. The Bertz CT molecular complexity index is 1510. The highest BCUT2D eigenvalue weighted by molar-refractivity contribution is 8.01. The number of rotatable bonds is 10. The summed E-state index contributed by atoms with van der Waals surface area (Å²) in [6.45, 7) is 2.55. The standard InChI is InChI=1S/C28H28N4O5S2/c1-17-5-9-22-24(13-17)36-26(30-22)19-4-2-3-18(14-19)15-21(33)8-6-20-7-10-25(34)32(20)11-12-38-28-31-23(16-39-28)27(35)37-29/h2-6,8-9,13-14,16,20-21,33H,7,10-12,15,29H2,1H3/b8-6+/t20-,21+/m0/s1. The normalized spacial score (nSPS) is 16.4. The van der Waals surface area contributed by atoms with Crippen LogP contribution in [-0.4, -0.2) is 56.3 Å². The summed E-state index contributed by atoms with van der Waals surface area (Å²) in [5.41, 5.74) is 4.66. The molecule has 2 aromatic carbocycles. The van der Waals surface area contributed by atoms with Crippen molar-refractivity contribution in [3.05, 3.63) is 76.8 Å². The van der Waals surface area contributed by atoms with E-state index in [9.17, 15) is 14.7 Å². The number of fused-ring (bicyclic) bond motifs is 1. The van der Waals surface area contributed by atoms with Crippen molar-refractivity contribution < 1.29 is 24.0 Å². The second-order valence-electron chi connectivity index (χ2n) is 9.29. The number of aliphatic hydroxyl groups excluding tert-OH is 1. The maximum absolute atomic E-state index is 12.5. The Morgan fingerprint density at radius 2 is 2.21 bits per heavy atom. The van der Waals surface area contributed by atoms with Gasteiger partial charge in [-0.15, -0.1) is 11.3 Å². The molecule has 3 N–H and O–H groups in total. The second-order valence-corrected chi connectivity index (χ2v) is 11.5. The van der Waals surface area contributed by atoms with Crippen LogP contribution in [0, 0.1) is 6.92 Å². The molecule has 11 heteroatoms. The minimum atomic E-state index is -0.700. The van der Waals surface area contributed by atoms with Crippen LogP contribution in [0.25, 0.3) is 22.6 Å². The molecule has 5 rings (SSSR count). The highest BCUT2D eigenvalue weighted by Crippen LogP contribution is 2.27. The quantitative estimate of drug-likeness (QED) is 0.162. The van der Waals surface area contributed by atoms with E-state index in [4.69, 9.17) is 10.3 Å². The van der Waals surface area contributed by atoms with Gasteiger partial charge in [0.2, 0.25) is 11.8 Å². The average Bonchev–Trinajstić information content (AvgIpc) is 3.66. The monoisotopic (exact) mass is 564 g/mol. The molecule has 0 radical (unpaired) electrons. The number of nitrogens with two attached hydrogens (primary N) is 1. The zero-order chi connectivity index (χ0) is 27.4. The number of aromatic nitrogens is 2. The lowest BCUT2D eigenvalue weighted by Crippen LogP contribution is -2.33. The molecule has 1 amide bonds. The van der Waals surface area contributed by atoms with E-state index in [0.717, 1.165) is 27.8 Å². The van der Waals surface area contributed by atoms with Crippen LogP contribution in [0.1, 0.15) is 34.5 Å². The third-order valence-electron chi connectivity index (χ3n) is 6.45. The number of oxazole rings is 1. The fraction of sp³-hybridized carbons (Fsp3) is 0.286. The van der Waals surface area contributed by atoms with Crippen molar-refractivity contribution >= 4 is 46.1 Å². The van der Waals surface area contributed by atoms with Gasteiger partial charge in [-0.2, -0.15) is 5.90 Å². The topological polar surface area (TPSA) is 132 Å². The van der Waals surface area contributed by atoms with E-state index in [-0.39, 0.29) is 17.6 Å². The van der Waals surface area contributed by atoms with Crippen LogP contribution in [-0.2, 0) is 16.1 Å². The number of likely N-dealkylation sites (tertiary alicyclic amines) is 1. The fourth-order valence-corrected chi connectivity index (χ4v) is 6.31. The van der Waals surface area contributed by atoms with E-state index < -0.39 is 12.1 Å². The van der Waals surface area contributed by atoms with Gasteiger partial charge in [0, 0.05) is 36.1 Å². The molecule has 1 aliphatic rings. The molecule has 39 heavy (non-hydrogen) atoms. The van der Waals surface area contributed by atoms with Crippen LogP contribution in [0.5, 0.6) is 0 Å². The van der Waals surface area contributed by atoms with Gasteiger partial charge in [0.25, 0.3) is 0 Å². The number of aryl methyl sites for hydroxylation is 1. The van der Waals surface area contributed by atoms with Gasteiger partial charge in [0.1, 0.15) is 5.52 Å². The molecule has 1 saturated heterocycles. The van der Waals surface area contributed by atoms with Gasteiger partial charge in [-0.05, 0) is 48.7 Å². The van der Waals surface area contributed by atoms with Gasteiger partial charge in [-0.25, -0.2) is 14.8 Å². The predicted molar refractivity (Wildman–Crippen MR) is 150 cm³/mol. The highest BCUT2D eigenvalue weighted by Gasteiger charge is 2.29. The van der Waals surface area contributed by atoms with Crippen molar-refractivity contribution in [2.24, 2.45) is 5.90 Å². The van der Waals surface area contributed by atoms with E-state index in [0.29, 0.717) is 41.8 Å². The van der Waals surface area contributed by atoms with Gasteiger partial charge in [0.05, 0.1) is 12.1 Å². The number of amides is 1. The molecule has 0 bridgehead atoms. The fourth-order valence-electron chi connectivity index (χ4n) is 4.51. The Morgan fingerprint density at radius 1 is 1.33 bits per heavy atom. The first-order valence-corrected chi connectivity index (χ1v) is 14.4. The van der Waals surface area contributed by atoms with E-state index in [1.54, 1.807) is 11.5 Å². The minimum Gasteiger partial charge on any atom is -0.436 e. The molecule has 0 saturated carbocycles. The molecule has 1 aliphatic heterocycles. The summed E-state index contributed by atoms with van der Waals surface area (Å²) in [7, 11) is 0. The van der Waals surface area contributed by atoms with E-state index >= 15 is 0 Å². The number of hydrogen-bond acceptors (Lipinski definition) is 10. The maximum atomic E-state index is 12.5. The van der Waals surface area contributed by atoms with Crippen LogP contribution in [0.15, 0.2) is 68.8 Å². The van der Waals surface area contributed by atoms with Gasteiger partial charge in [-0.1, -0.05) is 42.1 Å². The lowest BCUT2D eigenvalue weighted by molar-refractivity contribution is -0.128. The zero-order valence-corrected chi connectivity index (χ0v) is 22.9. The molecule has 202 valence electrons. The van der Waals surface area contributed by atoms with Crippen molar-refractivity contribution in [1.29, 1.82) is 0 Å². The summed E-state index contributed by atoms with van der Waals surface area (Å²) in [4.78, 5) is 38.7. The van der Waals surface area contributed by atoms with Gasteiger partial charge < -0.3 is 19.3 Å². The smallest absolute Gasteiger partial charge is 0.376 e. The van der Waals surface area contributed by atoms with Crippen LogP contribution >= 0.6 is 23.1 Å². The van der Waals surface area contributed by atoms with Crippen LogP contribution in [0.4, 0.5) is 0 Å². The Hall–Kier alpha value is -3.51. The number of hydrogen-bond donors (Lipinski definition) is 2. The van der Waals surface area contributed by atoms with Crippen molar-refractivity contribution in [2.75, 3.05) is 12.3 Å². The Labute approximate surface area is 233 Å². The summed E-state index contributed by atoms with van der Waals surface area (Å²) in [5, 5.41) is 12.3. The van der Waals surface area contributed by atoms with Crippen LogP contribution in [0.3, 0.4) is 0 Å². The SMILES string of the molecule is Cc1ccc2nc(-c3cccc(C[C@H](O)/C=C/[C@H]4CCC(=O)N4CCSc4nc(C(=O)ON)cs4)c3)oc2c1. The molecular weight excluding hydrogens is 536 g/mol. The lowest BCUT2D eigenvalue weighted by atomic mass is 10.0. The number of thioether (sulfide) groups is 1. The molecule has 0 aliphatic carbocycles. The third kappa shape index (κ3) is 6.56. The third-order valence-corrected chi connectivity index (χ3v) is 8.45. The molecule has 2 atom stereocenters. The predicted octanol–water partition coefficient (Wildman–Crippen LogP) is 4.53. The first kappa shape index (κ1) is 27.1. The van der Waals surface area contributed by atoms with E-state index in [1.807, 2.05) is 60.4 Å². The van der Waals surface area contributed by atoms with Crippen molar-refractivity contribution in [3.8, 4) is 11.5 Å². The summed E-state index contributed by atoms with van der Waals surface area (Å²) in [5.74, 6) is 5.50. The molecule has 9 nitrogen and oxygen atoms in total. The molecule has 0 unspecified atom stereocenters. The molecule has 0 spiro atoms. The minimum absolute atomic E-state index is 0.0682. The van der Waals surface area contributed by atoms with E-state index in [1.165, 1.54) is 23.1 Å². The Kier molecular flexibility index (Phi) is 8.41. The Morgan fingerprint density at radius 3 is 3.05 bits per heavy atom. The van der Waals surface area contributed by atoms with Crippen molar-refractivity contribution in [1.82, 2.24) is 14.9 Å². The highest BCUT2D eigenvalue weighted by atomic mass is 32.2. The average molecular weight is 565 g/mol. The zero-order valence-electron chi connectivity index (χ0n) is 21.3. The second kappa shape index (κ2) is 12.1. The summed E-state index contributed by atoms with van der Waals surface area (Å²) in [6.07, 6.45) is 4.61. The first-order chi connectivity index (χ1) is 18.9. The molecule has 4 aromatic rings.